The van der Waals surface area contributed by atoms with Crippen LogP contribution in [-0.2, 0) is 15.4 Å². The third-order valence-corrected chi connectivity index (χ3v) is 3.62. The number of aromatic nitrogens is 2. The maximum absolute atomic E-state index is 11.5. The average molecular weight is 281 g/mol. The highest BCUT2D eigenvalue weighted by Crippen LogP contribution is 2.23. The maximum atomic E-state index is 11.5. The second-order valence-electron chi connectivity index (χ2n) is 4.94. The molecule has 0 bridgehead atoms. The van der Waals surface area contributed by atoms with Gasteiger partial charge in [0.05, 0.1) is 10.4 Å². The molecule has 0 fully saturated rings. The summed E-state index contributed by atoms with van der Waals surface area (Å²) in [7, 11) is -3.27. The SMILES string of the molecule is CC(C)(N)c1noc(-c2cccc(S(C)(=O)=O)c2)n1. The number of hydrogen-bond acceptors (Lipinski definition) is 6. The molecule has 0 radical (unpaired) electrons. The maximum Gasteiger partial charge on any atom is 0.258 e. The second-order valence-corrected chi connectivity index (χ2v) is 6.96. The summed E-state index contributed by atoms with van der Waals surface area (Å²) >= 11 is 0. The predicted molar refractivity (Wildman–Crippen MR) is 70.1 cm³/mol. The Balaban J connectivity index is 2.46. The van der Waals surface area contributed by atoms with E-state index in [1.54, 1.807) is 26.0 Å². The molecule has 2 rings (SSSR count). The molecule has 19 heavy (non-hydrogen) atoms. The average Bonchev–Trinajstić information content (AvgIpc) is 2.77. The van der Waals surface area contributed by atoms with Crippen molar-refractivity contribution in [3.8, 4) is 11.5 Å². The van der Waals surface area contributed by atoms with Gasteiger partial charge in [0.15, 0.2) is 15.7 Å². The Labute approximate surface area is 111 Å². The second kappa shape index (κ2) is 4.43. The number of nitrogens with two attached hydrogens (primary N) is 1. The Morgan fingerprint density at radius 2 is 2.00 bits per heavy atom. The molecule has 2 N–H and O–H groups in total. The van der Waals surface area contributed by atoms with Gasteiger partial charge in [0.2, 0.25) is 0 Å². The van der Waals surface area contributed by atoms with Crippen molar-refractivity contribution in [1.29, 1.82) is 0 Å². The molecule has 0 unspecified atom stereocenters. The van der Waals surface area contributed by atoms with Crippen LogP contribution in [0.5, 0.6) is 0 Å². The van der Waals surface area contributed by atoms with E-state index in [0.717, 1.165) is 6.26 Å². The van der Waals surface area contributed by atoms with Crippen LogP contribution in [0.3, 0.4) is 0 Å². The lowest BCUT2D eigenvalue weighted by Crippen LogP contribution is -2.30. The summed E-state index contributed by atoms with van der Waals surface area (Å²) in [6.45, 7) is 3.52. The van der Waals surface area contributed by atoms with Crippen LogP contribution in [-0.4, -0.2) is 24.8 Å². The summed E-state index contributed by atoms with van der Waals surface area (Å²) < 4.78 is 28.1. The smallest absolute Gasteiger partial charge is 0.258 e. The lowest BCUT2D eigenvalue weighted by molar-refractivity contribution is 0.397. The van der Waals surface area contributed by atoms with Gasteiger partial charge in [0.1, 0.15) is 0 Å². The molecule has 0 spiro atoms. The molecule has 1 aromatic carbocycles. The third-order valence-electron chi connectivity index (χ3n) is 2.51. The standard InChI is InChI=1S/C12H15N3O3S/c1-12(2,13)11-14-10(18-15-11)8-5-4-6-9(7-8)19(3,16)17/h4-7H,13H2,1-3H3. The Morgan fingerprint density at radius 3 is 2.53 bits per heavy atom. The highest BCUT2D eigenvalue weighted by Gasteiger charge is 2.22. The summed E-state index contributed by atoms with van der Waals surface area (Å²) in [4.78, 5) is 4.38. The number of rotatable bonds is 3. The van der Waals surface area contributed by atoms with Gasteiger partial charge in [-0.3, -0.25) is 0 Å². The molecule has 1 heterocycles. The minimum atomic E-state index is -3.27. The Hall–Kier alpha value is -1.73. The summed E-state index contributed by atoms with van der Waals surface area (Å²) in [5, 5.41) is 3.80. The molecular formula is C12H15N3O3S. The molecule has 2 aromatic rings. The largest absolute Gasteiger partial charge is 0.334 e. The normalized spacial score (nSPS) is 12.6. The van der Waals surface area contributed by atoms with Crippen molar-refractivity contribution in [2.24, 2.45) is 5.73 Å². The van der Waals surface area contributed by atoms with E-state index < -0.39 is 15.4 Å². The fourth-order valence-corrected chi connectivity index (χ4v) is 2.13. The summed E-state index contributed by atoms with van der Waals surface area (Å²) in [6, 6.07) is 6.35. The Bertz CT molecular complexity index is 699. The van der Waals surface area contributed by atoms with Gasteiger partial charge in [-0.1, -0.05) is 11.2 Å². The Kier molecular flexibility index (Phi) is 3.19. The van der Waals surface area contributed by atoms with Crippen molar-refractivity contribution in [2.75, 3.05) is 6.26 Å². The first-order valence-electron chi connectivity index (χ1n) is 5.61. The van der Waals surface area contributed by atoms with E-state index in [0.29, 0.717) is 11.4 Å². The molecule has 0 aliphatic heterocycles. The van der Waals surface area contributed by atoms with Crippen LogP contribution < -0.4 is 5.73 Å². The van der Waals surface area contributed by atoms with E-state index in [1.807, 2.05) is 0 Å². The molecule has 6 nitrogen and oxygen atoms in total. The van der Waals surface area contributed by atoms with Gasteiger partial charge < -0.3 is 10.3 Å². The molecule has 1 aromatic heterocycles. The zero-order chi connectivity index (χ0) is 14.3. The highest BCUT2D eigenvalue weighted by molar-refractivity contribution is 7.90. The topological polar surface area (TPSA) is 99.1 Å². The molecule has 0 aliphatic rings. The predicted octanol–water partition coefficient (Wildman–Crippen LogP) is 1.33. The van der Waals surface area contributed by atoms with Gasteiger partial charge in [-0.05, 0) is 32.0 Å². The van der Waals surface area contributed by atoms with Crippen LogP contribution in [0.2, 0.25) is 0 Å². The minimum Gasteiger partial charge on any atom is -0.334 e. The van der Waals surface area contributed by atoms with Gasteiger partial charge in [-0.25, -0.2) is 8.42 Å². The molecule has 0 amide bonds. The van der Waals surface area contributed by atoms with Crippen LogP contribution in [0.4, 0.5) is 0 Å². The highest BCUT2D eigenvalue weighted by atomic mass is 32.2. The van der Waals surface area contributed by atoms with Crippen LogP contribution in [0.25, 0.3) is 11.5 Å². The van der Waals surface area contributed by atoms with Crippen LogP contribution in [0, 0.1) is 0 Å². The number of hydrogen-bond donors (Lipinski definition) is 1. The van der Waals surface area contributed by atoms with Gasteiger partial charge in [-0.15, -0.1) is 0 Å². The van der Waals surface area contributed by atoms with Crippen LogP contribution >= 0.6 is 0 Å². The summed E-state index contributed by atoms with van der Waals surface area (Å²) in [6.07, 6.45) is 1.15. The fraction of sp³-hybridized carbons (Fsp3) is 0.333. The van der Waals surface area contributed by atoms with Gasteiger partial charge >= 0.3 is 0 Å². The lowest BCUT2D eigenvalue weighted by atomic mass is 10.1. The van der Waals surface area contributed by atoms with E-state index in [-0.39, 0.29) is 10.8 Å². The van der Waals surface area contributed by atoms with Crippen LogP contribution in [0.1, 0.15) is 19.7 Å². The van der Waals surface area contributed by atoms with Crippen molar-refractivity contribution in [2.45, 2.75) is 24.3 Å². The van der Waals surface area contributed by atoms with E-state index >= 15 is 0 Å². The van der Waals surface area contributed by atoms with E-state index in [9.17, 15) is 8.42 Å². The van der Waals surface area contributed by atoms with E-state index in [1.165, 1.54) is 12.1 Å². The molecule has 0 saturated heterocycles. The molecule has 0 atom stereocenters. The minimum absolute atomic E-state index is 0.205. The fourth-order valence-electron chi connectivity index (χ4n) is 1.46. The van der Waals surface area contributed by atoms with E-state index in [4.69, 9.17) is 10.3 Å². The third kappa shape index (κ3) is 2.99. The van der Waals surface area contributed by atoms with Gasteiger partial charge in [0, 0.05) is 11.8 Å². The monoisotopic (exact) mass is 281 g/mol. The molecular weight excluding hydrogens is 266 g/mol. The first-order valence-corrected chi connectivity index (χ1v) is 7.50. The lowest BCUT2D eigenvalue weighted by Gasteiger charge is -2.11. The van der Waals surface area contributed by atoms with E-state index in [2.05, 4.69) is 10.1 Å². The Morgan fingerprint density at radius 1 is 1.32 bits per heavy atom. The summed E-state index contributed by atoms with van der Waals surface area (Å²) in [5.41, 5.74) is 5.70. The molecule has 0 aliphatic carbocycles. The quantitative estimate of drug-likeness (QED) is 0.911. The number of nitrogens with zero attached hydrogens (tertiary/aromatic N) is 2. The molecule has 0 saturated carbocycles. The van der Waals surface area contributed by atoms with Crippen molar-refractivity contribution in [1.82, 2.24) is 10.1 Å². The van der Waals surface area contributed by atoms with Crippen molar-refractivity contribution >= 4 is 9.84 Å². The number of benzene rings is 1. The van der Waals surface area contributed by atoms with Crippen molar-refractivity contribution < 1.29 is 12.9 Å². The summed E-state index contributed by atoms with van der Waals surface area (Å²) in [5.74, 6) is 0.617. The zero-order valence-corrected chi connectivity index (χ0v) is 11.7. The first kappa shape index (κ1) is 13.7. The van der Waals surface area contributed by atoms with Crippen LogP contribution in [0.15, 0.2) is 33.7 Å². The van der Waals surface area contributed by atoms with Crippen molar-refractivity contribution in [3.63, 3.8) is 0 Å². The first-order chi connectivity index (χ1) is 8.68. The zero-order valence-electron chi connectivity index (χ0n) is 10.9. The molecule has 102 valence electrons. The van der Waals surface area contributed by atoms with Gasteiger partial charge in [-0.2, -0.15) is 4.98 Å². The van der Waals surface area contributed by atoms with Crippen molar-refractivity contribution in [3.05, 3.63) is 30.1 Å². The molecule has 7 heteroatoms. The van der Waals surface area contributed by atoms with Gasteiger partial charge in [0.25, 0.3) is 5.89 Å². The number of sulfone groups is 1.